The number of hydrogen-bond acceptors (Lipinski definition) is 5. The number of halogens is 1. The number of rotatable bonds is 4. The van der Waals surface area contributed by atoms with E-state index in [2.05, 4.69) is 35.0 Å². The fraction of sp³-hybridized carbons (Fsp3) is 0.304. The van der Waals surface area contributed by atoms with Crippen LogP contribution in [-0.4, -0.2) is 26.8 Å². The van der Waals surface area contributed by atoms with Crippen molar-refractivity contribution in [2.75, 3.05) is 5.75 Å². The van der Waals surface area contributed by atoms with E-state index in [1.807, 2.05) is 55.2 Å². The number of benzene rings is 1. The van der Waals surface area contributed by atoms with Gasteiger partial charge in [-0.15, -0.1) is 0 Å². The molecule has 4 heterocycles. The average molecular weight is 424 g/mol. The van der Waals surface area contributed by atoms with Gasteiger partial charge in [-0.25, -0.2) is 4.99 Å². The average Bonchev–Trinajstić information content (AvgIpc) is 3.45. The van der Waals surface area contributed by atoms with Crippen LogP contribution in [0.15, 0.2) is 64.1 Å². The minimum Gasteiger partial charge on any atom is -0.459 e. The van der Waals surface area contributed by atoms with Gasteiger partial charge >= 0.3 is 0 Å². The molecule has 1 saturated heterocycles. The van der Waals surface area contributed by atoms with Crippen molar-refractivity contribution in [2.45, 2.75) is 38.4 Å². The second-order valence-electron chi connectivity index (χ2n) is 7.45. The fourth-order valence-electron chi connectivity index (χ4n) is 4.19. The third-order valence-electron chi connectivity index (χ3n) is 5.78. The molecule has 0 radical (unpaired) electrons. The van der Waals surface area contributed by atoms with Crippen molar-refractivity contribution in [1.82, 2.24) is 9.88 Å². The monoisotopic (exact) mass is 423 g/mol. The van der Waals surface area contributed by atoms with E-state index in [0.717, 1.165) is 50.7 Å². The van der Waals surface area contributed by atoms with Crippen LogP contribution < -0.4 is 0 Å². The first-order valence-corrected chi connectivity index (χ1v) is 11.3. The predicted molar refractivity (Wildman–Crippen MR) is 119 cm³/mol. The molecule has 29 heavy (non-hydrogen) atoms. The summed E-state index contributed by atoms with van der Waals surface area (Å²) < 4.78 is 6.43. The Morgan fingerprint density at radius 3 is 2.86 bits per heavy atom. The van der Waals surface area contributed by atoms with E-state index in [1.54, 1.807) is 0 Å². The summed E-state index contributed by atoms with van der Waals surface area (Å²) in [6.45, 7) is 4.26. The highest BCUT2D eigenvalue weighted by molar-refractivity contribution is 8.14. The SMILES string of the molecule is CC[C@@H]1CSC2=N[C@H](c3ccccn3)[C@H](c3ccc(-c4cccc(Cl)c4C)o3)N21. The molecule has 0 unspecified atom stereocenters. The summed E-state index contributed by atoms with van der Waals surface area (Å²) in [5, 5.41) is 1.86. The van der Waals surface area contributed by atoms with E-state index in [1.165, 1.54) is 0 Å². The molecule has 148 valence electrons. The maximum Gasteiger partial charge on any atom is 0.161 e. The third kappa shape index (κ3) is 3.17. The van der Waals surface area contributed by atoms with Crippen molar-refractivity contribution in [3.8, 4) is 11.3 Å². The predicted octanol–water partition coefficient (Wildman–Crippen LogP) is 6.28. The molecule has 0 saturated carbocycles. The molecule has 6 heteroatoms. The van der Waals surface area contributed by atoms with Gasteiger partial charge in [-0.05, 0) is 49.2 Å². The lowest BCUT2D eigenvalue weighted by molar-refractivity contribution is 0.226. The van der Waals surface area contributed by atoms with Gasteiger partial charge in [-0.2, -0.15) is 0 Å². The maximum absolute atomic E-state index is 6.43. The van der Waals surface area contributed by atoms with Crippen LogP contribution >= 0.6 is 23.4 Å². The molecule has 0 amide bonds. The Labute approximate surface area is 180 Å². The van der Waals surface area contributed by atoms with Gasteiger partial charge in [0.2, 0.25) is 0 Å². The number of amidine groups is 1. The Balaban J connectivity index is 1.57. The molecule has 3 atom stereocenters. The lowest BCUT2D eigenvalue weighted by atomic mass is 10.0. The lowest BCUT2D eigenvalue weighted by Gasteiger charge is -2.30. The van der Waals surface area contributed by atoms with Crippen LogP contribution in [0.1, 0.15) is 42.4 Å². The Morgan fingerprint density at radius 1 is 1.17 bits per heavy atom. The highest BCUT2D eigenvalue weighted by Crippen LogP contribution is 2.49. The highest BCUT2D eigenvalue weighted by atomic mass is 35.5. The van der Waals surface area contributed by atoms with Crippen molar-refractivity contribution in [1.29, 1.82) is 0 Å². The van der Waals surface area contributed by atoms with Crippen molar-refractivity contribution in [3.05, 3.63) is 76.8 Å². The van der Waals surface area contributed by atoms with Crippen LogP contribution in [0.5, 0.6) is 0 Å². The van der Waals surface area contributed by atoms with Crippen molar-refractivity contribution >= 4 is 28.5 Å². The number of thioether (sulfide) groups is 1. The van der Waals surface area contributed by atoms with E-state index in [-0.39, 0.29) is 12.1 Å². The third-order valence-corrected chi connectivity index (χ3v) is 7.32. The first-order chi connectivity index (χ1) is 14.2. The zero-order valence-corrected chi connectivity index (χ0v) is 18.0. The maximum atomic E-state index is 6.43. The van der Waals surface area contributed by atoms with E-state index in [4.69, 9.17) is 21.0 Å². The molecule has 5 rings (SSSR count). The molecule has 2 aromatic heterocycles. The van der Waals surface area contributed by atoms with Crippen molar-refractivity contribution in [2.24, 2.45) is 4.99 Å². The van der Waals surface area contributed by atoms with Gasteiger partial charge in [0.15, 0.2) is 5.17 Å². The number of aliphatic imine (C=N–C) groups is 1. The Morgan fingerprint density at radius 2 is 2.07 bits per heavy atom. The first kappa shape index (κ1) is 18.8. The van der Waals surface area contributed by atoms with E-state index < -0.39 is 0 Å². The molecule has 3 aromatic rings. The number of nitrogens with zero attached hydrogens (tertiary/aromatic N) is 3. The van der Waals surface area contributed by atoms with Gasteiger partial charge in [0.25, 0.3) is 0 Å². The van der Waals surface area contributed by atoms with Gasteiger partial charge < -0.3 is 9.32 Å². The molecular formula is C23H22ClN3OS. The standard InChI is InChI=1S/C23H22ClN3OS/c1-3-15-13-29-23-26-21(18-9-4-5-12-25-18)22(27(15)23)20-11-10-19(28-20)16-7-6-8-17(24)14(16)2/h4-12,15,21-22H,3,13H2,1-2H3/t15-,21-,22+/m1/s1. The molecule has 0 N–H and O–H groups in total. The van der Waals surface area contributed by atoms with Crippen LogP contribution in [0.4, 0.5) is 0 Å². The summed E-state index contributed by atoms with van der Waals surface area (Å²) in [5.41, 5.74) is 3.04. The minimum absolute atomic E-state index is 0.0214. The van der Waals surface area contributed by atoms with Gasteiger partial charge in [-0.3, -0.25) is 4.98 Å². The molecule has 2 aliphatic heterocycles. The number of fused-ring (bicyclic) bond motifs is 1. The summed E-state index contributed by atoms with van der Waals surface area (Å²) in [4.78, 5) is 12.1. The van der Waals surface area contributed by atoms with Crippen LogP contribution in [0.25, 0.3) is 11.3 Å². The number of furan rings is 1. The molecule has 1 fully saturated rings. The number of aromatic nitrogens is 1. The molecule has 4 nitrogen and oxygen atoms in total. The number of hydrogen-bond donors (Lipinski definition) is 0. The molecule has 2 aliphatic rings. The summed E-state index contributed by atoms with van der Waals surface area (Å²) in [6, 6.07) is 16.5. The van der Waals surface area contributed by atoms with E-state index in [9.17, 15) is 0 Å². The summed E-state index contributed by atoms with van der Waals surface area (Å²) in [7, 11) is 0. The van der Waals surface area contributed by atoms with Gasteiger partial charge in [-0.1, -0.05) is 48.5 Å². The van der Waals surface area contributed by atoms with Gasteiger partial charge in [0.1, 0.15) is 23.6 Å². The molecule has 0 aliphatic carbocycles. The van der Waals surface area contributed by atoms with Gasteiger partial charge in [0.05, 0.1) is 5.69 Å². The van der Waals surface area contributed by atoms with Crippen LogP contribution in [-0.2, 0) is 0 Å². The largest absolute Gasteiger partial charge is 0.459 e. The summed E-state index contributed by atoms with van der Waals surface area (Å²) in [5.74, 6) is 2.84. The highest BCUT2D eigenvalue weighted by Gasteiger charge is 2.46. The zero-order chi connectivity index (χ0) is 20.0. The van der Waals surface area contributed by atoms with Gasteiger partial charge in [0, 0.05) is 28.6 Å². The lowest BCUT2D eigenvalue weighted by Crippen LogP contribution is -2.35. The van der Waals surface area contributed by atoms with Crippen LogP contribution in [0.3, 0.4) is 0 Å². The Kier molecular flexibility index (Phi) is 4.88. The molecular weight excluding hydrogens is 402 g/mol. The normalized spacial score (nSPS) is 23.3. The Bertz CT molecular complexity index is 1060. The quantitative estimate of drug-likeness (QED) is 0.495. The fourth-order valence-corrected chi connectivity index (χ4v) is 5.70. The zero-order valence-electron chi connectivity index (χ0n) is 16.4. The smallest absolute Gasteiger partial charge is 0.161 e. The minimum atomic E-state index is -0.0625. The Hall–Kier alpha value is -2.24. The number of pyridine rings is 1. The van der Waals surface area contributed by atoms with E-state index in [0.29, 0.717) is 6.04 Å². The van der Waals surface area contributed by atoms with E-state index >= 15 is 0 Å². The second kappa shape index (κ2) is 7.54. The molecule has 0 spiro atoms. The summed E-state index contributed by atoms with van der Waals surface area (Å²) >= 11 is 8.17. The van der Waals surface area contributed by atoms with Crippen LogP contribution in [0, 0.1) is 6.92 Å². The molecule has 1 aromatic carbocycles. The van der Waals surface area contributed by atoms with Crippen molar-refractivity contribution in [3.63, 3.8) is 0 Å². The second-order valence-corrected chi connectivity index (χ2v) is 8.85. The van der Waals surface area contributed by atoms with Crippen molar-refractivity contribution < 1.29 is 4.42 Å². The first-order valence-electron chi connectivity index (χ1n) is 9.92. The topological polar surface area (TPSA) is 41.6 Å². The molecule has 0 bridgehead atoms. The van der Waals surface area contributed by atoms with Crippen LogP contribution in [0.2, 0.25) is 5.02 Å². The summed E-state index contributed by atoms with van der Waals surface area (Å²) in [6.07, 6.45) is 2.92.